The molecule has 0 heterocycles. The monoisotopic (exact) mass is 273 g/mol. The average Bonchev–Trinajstić information content (AvgIpc) is 2.14. The maximum atomic E-state index is 10.6. The molecule has 0 saturated heterocycles. The summed E-state index contributed by atoms with van der Waals surface area (Å²) in [7, 11) is 0. The molecule has 5 heteroatoms. The fourth-order valence-corrected chi connectivity index (χ4v) is 1.74. The number of phenols is 1. The van der Waals surface area contributed by atoms with Crippen molar-refractivity contribution in [2.45, 2.75) is 12.3 Å². The number of hydrogen-bond acceptors (Lipinski definition) is 3. The zero-order valence-corrected chi connectivity index (χ0v) is 9.57. The smallest absolute Gasteiger partial charge is 0.304 e. The molecule has 4 N–H and O–H groups in total. The Kier molecular flexibility index (Phi) is 4.11. The topological polar surface area (TPSA) is 83.6 Å². The van der Waals surface area contributed by atoms with Crippen LogP contribution in [-0.2, 0) is 4.79 Å². The van der Waals surface area contributed by atoms with Gasteiger partial charge in [-0.2, -0.15) is 0 Å². The Hall–Kier alpha value is -1.07. The van der Waals surface area contributed by atoms with Gasteiger partial charge in [-0.3, -0.25) is 4.79 Å². The number of halogens is 1. The molecule has 15 heavy (non-hydrogen) atoms. The largest absolute Gasteiger partial charge is 0.508 e. The van der Waals surface area contributed by atoms with Gasteiger partial charge in [-0.05, 0) is 24.2 Å². The van der Waals surface area contributed by atoms with Crippen LogP contribution in [0.1, 0.15) is 17.9 Å². The molecule has 0 amide bonds. The summed E-state index contributed by atoms with van der Waals surface area (Å²) in [6.45, 7) is 0.196. The Bertz CT molecular complexity index is 368. The van der Waals surface area contributed by atoms with Gasteiger partial charge in [0.05, 0.1) is 6.42 Å². The van der Waals surface area contributed by atoms with Gasteiger partial charge in [-0.25, -0.2) is 0 Å². The molecule has 0 aliphatic heterocycles. The first kappa shape index (κ1) is 12.0. The number of nitrogens with two attached hydrogens (primary N) is 1. The minimum atomic E-state index is -0.923. The number of carboxylic acids is 1. The Morgan fingerprint density at radius 3 is 2.67 bits per heavy atom. The van der Waals surface area contributed by atoms with Crippen molar-refractivity contribution in [1.29, 1.82) is 0 Å². The van der Waals surface area contributed by atoms with Crippen LogP contribution in [-0.4, -0.2) is 22.7 Å². The van der Waals surface area contributed by atoms with Gasteiger partial charge in [0.15, 0.2) is 0 Å². The van der Waals surface area contributed by atoms with Crippen molar-refractivity contribution >= 4 is 21.9 Å². The highest BCUT2D eigenvalue weighted by molar-refractivity contribution is 9.10. The predicted molar refractivity (Wildman–Crippen MR) is 59.9 cm³/mol. The molecule has 1 aromatic carbocycles. The number of rotatable bonds is 4. The minimum absolute atomic E-state index is 0.0704. The van der Waals surface area contributed by atoms with Gasteiger partial charge in [0.2, 0.25) is 0 Å². The number of hydrogen-bond donors (Lipinski definition) is 3. The van der Waals surface area contributed by atoms with Crippen molar-refractivity contribution in [3.05, 3.63) is 28.2 Å². The summed E-state index contributed by atoms with van der Waals surface area (Å²) < 4.78 is 0.745. The summed E-state index contributed by atoms with van der Waals surface area (Å²) >= 11 is 3.21. The molecule has 4 nitrogen and oxygen atoms in total. The first-order chi connectivity index (χ1) is 7.04. The number of carboxylic acid groups (broad SMARTS) is 1. The van der Waals surface area contributed by atoms with Gasteiger partial charge < -0.3 is 15.9 Å². The zero-order valence-electron chi connectivity index (χ0n) is 7.98. The SMILES string of the molecule is NCC(CC(=O)O)c1ccc(Br)cc1O. The van der Waals surface area contributed by atoms with E-state index < -0.39 is 5.97 Å². The van der Waals surface area contributed by atoms with Crippen molar-refractivity contribution in [2.24, 2.45) is 5.73 Å². The second-order valence-electron chi connectivity index (χ2n) is 3.23. The van der Waals surface area contributed by atoms with Gasteiger partial charge in [0.25, 0.3) is 0 Å². The van der Waals surface area contributed by atoms with Crippen molar-refractivity contribution in [2.75, 3.05) is 6.54 Å². The number of aliphatic carboxylic acids is 1. The van der Waals surface area contributed by atoms with Crippen molar-refractivity contribution < 1.29 is 15.0 Å². The quantitative estimate of drug-likeness (QED) is 0.779. The lowest BCUT2D eigenvalue weighted by Gasteiger charge is -2.14. The van der Waals surface area contributed by atoms with E-state index in [1.54, 1.807) is 12.1 Å². The third-order valence-electron chi connectivity index (χ3n) is 2.14. The van der Waals surface area contributed by atoms with Gasteiger partial charge in [-0.15, -0.1) is 0 Å². The summed E-state index contributed by atoms with van der Waals surface area (Å²) in [5.74, 6) is -1.20. The fourth-order valence-electron chi connectivity index (χ4n) is 1.39. The summed E-state index contributed by atoms with van der Waals surface area (Å²) in [6.07, 6.45) is -0.0777. The van der Waals surface area contributed by atoms with Crippen LogP contribution >= 0.6 is 15.9 Å². The Balaban J connectivity index is 2.96. The number of benzene rings is 1. The molecule has 0 fully saturated rings. The molecule has 1 rings (SSSR count). The zero-order chi connectivity index (χ0) is 11.4. The third kappa shape index (κ3) is 3.21. The van der Waals surface area contributed by atoms with Crippen LogP contribution in [0.2, 0.25) is 0 Å². The highest BCUT2D eigenvalue weighted by Crippen LogP contribution is 2.30. The molecule has 0 aromatic heterocycles. The summed E-state index contributed by atoms with van der Waals surface area (Å²) in [4.78, 5) is 10.6. The molecule has 0 bridgehead atoms. The van der Waals surface area contributed by atoms with E-state index in [2.05, 4.69) is 15.9 Å². The van der Waals surface area contributed by atoms with Gasteiger partial charge in [-0.1, -0.05) is 22.0 Å². The molecular formula is C10H12BrNO3. The summed E-state index contributed by atoms with van der Waals surface area (Å²) in [5, 5.41) is 18.3. The van der Waals surface area contributed by atoms with E-state index in [1.165, 1.54) is 6.07 Å². The highest BCUT2D eigenvalue weighted by Gasteiger charge is 2.17. The molecule has 1 aromatic rings. The molecule has 1 unspecified atom stereocenters. The van der Waals surface area contributed by atoms with Crippen LogP contribution in [0.5, 0.6) is 5.75 Å². The molecule has 82 valence electrons. The third-order valence-corrected chi connectivity index (χ3v) is 2.63. The van der Waals surface area contributed by atoms with Crippen LogP contribution in [0.25, 0.3) is 0 Å². The van der Waals surface area contributed by atoms with Gasteiger partial charge in [0.1, 0.15) is 5.75 Å². The molecular weight excluding hydrogens is 262 g/mol. The Morgan fingerprint density at radius 1 is 1.53 bits per heavy atom. The van der Waals surface area contributed by atoms with Crippen LogP contribution in [0.3, 0.4) is 0 Å². The minimum Gasteiger partial charge on any atom is -0.508 e. The maximum Gasteiger partial charge on any atom is 0.304 e. The lowest BCUT2D eigenvalue weighted by molar-refractivity contribution is -0.137. The van der Waals surface area contributed by atoms with Crippen molar-refractivity contribution in [3.63, 3.8) is 0 Å². The van der Waals surface area contributed by atoms with E-state index in [4.69, 9.17) is 10.8 Å². The van der Waals surface area contributed by atoms with E-state index >= 15 is 0 Å². The van der Waals surface area contributed by atoms with E-state index in [-0.39, 0.29) is 24.6 Å². The normalized spacial score (nSPS) is 12.4. The molecule has 0 spiro atoms. The first-order valence-electron chi connectivity index (χ1n) is 4.45. The molecule has 0 aliphatic carbocycles. The highest BCUT2D eigenvalue weighted by atomic mass is 79.9. The predicted octanol–water partition coefficient (Wildman–Crippen LogP) is 1.67. The van der Waals surface area contributed by atoms with Gasteiger partial charge in [0, 0.05) is 10.4 Å². The number of phenolic OH excluding ortho intramolecular Hbond substituents is 1. The Labute approximate surface area is 95.8 Å². The molecule has 0 aliphatic rings. The average molecular weight is 274 g/mol. The molecule has 0 radical (unpaired) electrons. The van der Waals surface area contributed by atoms with Crippen LogP contribution < -0.4 is 5.73 Å². The number of aromatic hydroxyl groups is 1. The van der Waals surface area contributed by atoms with Gasteiger partial charge >= 0.3 is 5.97 Å². The standard InChI is InChI=1S/C10H12BrNO3/c11-7-1-2-8(9(13)4-7)6(5-12)3-10(14)15/h1-2,4,6,13H,3,5,12H2,(H,14,15). The lowest BCUT2D eigenvalue weighted by atomic mass is 9.95. The number of carbonyl (C=O) groups is 1. The maximum absolute atomic E-state index is 10.6. The van der Waals surface area contributed by atoms with Crippen LogP contribution in [0.15, 0.2) is 22.7 Å². The second-order valence-corrected chi connectivity index (χ2v) is 4.15. The lowest BCUT2D eigenvalue weighted by Crippen LogP contribution is -2.16. The second kappa shape index (κ2) is 5.14. The first-order valence-corrected chi connectivity index (χ1v) is 5.24. The van der Waals surface area contributed by atoms with E-state index in [0.717, 1.165) is 4.47 Å². The molecule has 0 saturated carbocycles. The van der Waals surface area contributed by atoms with E-state index in [9.17, 15) is 9.90 Å². The molecule has 1 atom stereocenters. The van der Waals surface area contributed by atoms with Crippen LogP contribution in [0, 0.1) is 0 Å². The van der Waals surface area contributed by atoms with Crippen molar-refractivity contribution in [1.82, 2.24) is 0 Å². The van der Waals surface area contributed by atoms with Crippen LogP contribution in [0.4, 0.5) is 0 Å². The van der Waals surface area contributed by atoms with E-state index in [1.807, 2.05) is 0 Å². The Morgan fingerprint density at radius 2 is 2.20 bits per heavy atom. The van der Waals surface area contributed by atoms with E-state index in [0.29, 0.717) is 5.56 Å². The fraction of sp³-hybridized carbons (Fsp3) is 0.300. The van der Waals surface area contributed by atoms with Crippen molar-refractivity contribution in [3.8, 4) is 5.75 Å². The summed E-state index contributed by atoms with van der Waals surface area (Å²) in [5.41, 5.74) is 6.05. The summed E-state index contributed by atoms with van der Waals surface area (Å²) in [6, 6.07) is 4.96.